The average molecular weight is 302 g/mol. The third kappa shape index (κ3) is 6.31. The highest BCUT2D eigenvalue weighted by Gasteiger charge is 2.28. The van der Waals surface area contributed by atoms with E-state index in [4.69, 9.17) is 14.6 Å². The Bertz CT molecular complexity index is 329. The largest absolute Gasteiger partial charge is 0.481 e. The maximum atomic E-state index is 12.3. The number of amides is 2. The molecule has 2 N–H and O–H groups in total. The van der Waals surface area contributed by atoms with Gasteiger partial charge in [-0.15, -0.1) is 0 Å². The molecule has 1 saturated carbocycles. The summed E-state index contributed by atoms with van der Waals surface area (Å²) in [5.74, 6) is -1.12. The van der Waals surface area contributed by atoms with Crippen LogP contribution in [0, 0.1) is 5.92 Å². The van der Waals surface area contributed by atoms with Crippen molar-refractivity contribution < 1.29 is 24.2 Å². The van der Waals surface area contributed by atoms with E-state index < -0.39 is 5.97 Å². The summed E-state index contributed by atoms with van der Waals surface area (Å²) in [7, 11) is 3.18. The van der Waals surface area contributed by atoms with Gasteiger partial charge in [-0.3, -0.25) is 4.79 Å². The van der Waals surface area contributed by atoms with Crippen molar-refractivity contribution in [3.8, 4) is 0 Å². The number of methoxy groups -OCH3 is 2. The van der Waals surface area contributed by atoms with E-state index in [9.17, 15) is 9.59 Å². The first-order chi connectivity index (χ1) is 10.1. The van der Waals surface area contributed by atoms with Crippen LogP contribution in [0.2, 0.25) is 0 Å². The fourth-order valence-corrected chi connectivity index (χ4v) is 2.53. The molecule has 0 heterocycles. The first-order valence-electron chi connectivity index (χ1n) is 7.34. The second-order valence-electron chi connectivity index (χ2n) is 5.32. The quantitative estimate of drug-likeness (QED) is 0.696. The van der Waals surface area contributed by atoms with Gasteiger partial charge in [0, 0.05) is 33.4 Å². The standard InChI is InChI=1S/C14H26N2O5/c1-20-8-6-16(7-9-21-2)14(19)15-12-5-3-4-11(10-12)13(17)18/h11-12H,3-10H2,1-2H3,(H,15,19)(H,17,18). The van der Waals surface area contributed by atoms with Crippen molar-refractivity contribution in [3.05, 3.63) is 0 Å². The molecule has 2 amide bonds. The number of ether oxygens (including phenoxy) is 2. The summed E-state index contributed by atoms with van der Waals surface area (Å²) < 4.78 is 10.0. The van der Waals surface area contributed by atoms with E-state index in [0.29, 0.717) is 39.1 Å². The Balaban J connectivity index is 2.48. The molecule has 0 bridgehead atoms. The van der Waals surface area contributed by atoms with E-state index >= 15 is 0 Å². The number of urea groups is 1. The molecule has 0 radical (unpaired) electrons. The molecular formula is C14H26N2O5. The van der Waals surface area contributed by atoms with Crippen molar-refractivity contribution in [3.63, 3.8) is 0 Å². The molecule has 122 valence electrons. The van der Waals surface area contributed by atoms with Crippen molar-refractivity contribution in [2.75, 3.05) is 40.5 Å². The van der Waals surface area contributed by atoms with Gasteiger partial charge >= 0.3 is 12.0 Å². The summed E-state index contributed by atoms with van der Waals surface area (Å²) in [4.78, 5) is 24.9. The molecule has 1 fully saturated rings. The Morgan fingerprint density at radius 3 is 2.33 bits per heavy atom. The minimum atomic E-state index is -0.774. The monoisotopic (exact) mass is 302 g/mol. The number of hydrogen-bond donors (Lipinski definition) is 2. The highest BCUT2D eigenvalue weighted by Crippen LogP contribution is 2.24. The molecule has 2 unspecified atom stereocenters. The average Bonchev–Trinajstić information content (AvgIpc) is 2.47. The Labute approximate surface area is 125 Å². The Kier molecular flexibility index (Phi) is 8.07. The van der Waals surface area contributed by atoms with Crippen LogP contribution in [0.1, 0.15) is 25.7 Å². The molecule has 0 aromatic rings. The number of aliphatic carboxylic acids is 1. The van der Waals surface area contributed by atoms with Crippen molar-refractivity contribution in [2.24, 2.45) is 5.92 Å². The van der Waals surface area contributed by atoms with Gasteiger partial charge in [-0.25, -0.2) is 4.79 Å². The zero-order valence-corrected chi connectivity index (χ0v) is 12.8. The molecule has 1 aliphatic carbocycles. The molecule has 1 aliphatic rings. The van der Waals surface area contributed by atoms with Gasteiger partial charge in [0.25, 0.3) is 0 Å². The zero-order chi connectivity index (χ0) is 15.7. The van der Waals surface area contributed by atoms with Crippen molar-refractivity contribution in [2.45, 2.75) is 31.7 Å². The lowest BCUT2D eigenvalue weighted by molar-refractivity contribution is -0.143. The van der Waals surface area contributed by atoms with Crippen LogP contribution in [-0.4, -0.2) is 68.6 Å². The third-order valence-electron chi connectivity index (χ3n) is 3.77. The lowest BCUT2D eigenvalue weighted by Crippen LogP contribution is -2.48. The summed E-state index contributed by atoms with van der Waals surface area (Å²) in [6.45, 7) is 1.89. The van der Waals surface area contributed by atoms with E-state index in [1.54, 1.807) is 19.1 Å². The van der Waals surface area contributed by atoms with Crippen LogP contribution in [-0.2, 0) is 14.3 Å². The lowest BCUT2D eigenvalue weighted by Gasteiger charge is -2.30. The fraction of sp³-hybridized carbons (Fsp3) is 0.857. The number of carbonyl (C=O) groups excluding carboxylic acids is 1. The smallest absolute Gasteiger partial charge is 0.317 e. The van der Waals surface area contributed by atoms with Crippen LogP contribution in [0.25, 0.3) is 0 Å². The van der Waals surface area contributed by atoms with E-state index in [2.05, 4.69) is 5.32 Å². The normalized spacial score (nSPS) is 21.8. The molecule has 1 rings (SSSR count). The van der Waals surface area contributed by atoms with Gasteiger partial charge in [-0.2, -0.15) is 0 Å². The Morgan fingerprint density at radius 2 is 1.81 bits per heavy atom. The van der Waals surface area contributed by atoms with Gasteiger partial charge in [0.15, 0.2) is 0 Å². The predicted molar refractivity (Wildman–Crippen MR) is 77.2 cm³/mol. The SMILES string of the molecule is COCCN(CCOC)C(=O)NC1CCCC(C(=O)O)C1. The van der Waals surface area contributed by atoms with Crippen molar-refractivity contribution in [1.29, 1.82) is 0 Å². The van der Waals surface area contributed by atoms with Crippen LogP contribution in [0.5, 0.6) is 0 Å². The van der Waals surface area contributed by atoms with Gasteiger partial charge in [-0.05, 0) is 19.3 Å². The summed E-state index contributed by atoms with van der Waals surface area (Å²) in [6, 6.07) is -0.250. The van der Waals surface area contributed by atoms with Gasteiger partial charge < -0.3 is 24.8 Å². The fourth-order valence-electron chi connectivity index (χ4n) is 2.53. The molecule has 7 heteroatoms. The number of carbonyl (C=O) groups is 2. The first kappa shape index (κ1) is 17.7. The summed E-state index contributed by atoms with van der Waals surface area (Å²) in [5.41, 5.74) is 0. The van der Waals surface area contributed by atoms with E-state index in [-0.39, 0.29) is 18.0 Å². The minimum Gasteiger partial charge on any atom is -0.481 e. The number of carboxylic acids is 1. The van der Waals surface area contributed by atoms with Gasteiger partial charge in [0.05, 0.1) is 19.1 Å². The molecule has 0 aliphatic heterocycles. The van der Waals surface area contributed by atoms with Crippen LogP contribution < -0.4 is 5.32 Å². The van der Waals surface area contributed by atoms with E-state index in [1.807, 2.05) is 0 Å². The van der Waals surface area contributed by atoms with Gasteiger partial charge in [-0.1, -0.05) is 6.42 Å². The number of nitrogens with one attached hydrogen (secondary N) is 1. The minimum absolute atomic E-state index is 0.0695. The summed E-state index contributed by atoms with van der Waals surface area (Å²) in [6.07, 6.45) is 2.86. The van der Waals surface area contributed by atoms with Gasteiger partial charge in [0.1, 0.15) is 0 Å². The van der Waals surface area contributed by atoms with E-state index in [0.717, 1.165) is 12.8 Å². The Morgan fingerprint density at radius 1 is 1.19 bits per heavy atom. The van der Waals surface area contributed by atoms with Crippen molar-refractivity contribution in [1.82, 2.24) is 10.2 Å². The summed E-state index contributed by atoms with van der Waals surface area (Å²) >= 11 is 0. The lowest BCUT2D eigenvalue weighted by atomic mass is 9.86. The third-order valence-corrected chi connectivity index (χ3v) is 3.77. The van der Waals surface area contributed by atoms with Gasteiger partial charge in [0.2, 0.25) is 0 Å². The molecule has 21 heavy (non-hydrogen) atoms. The van der Waals surface area contributed by atoms with Crippen LogP contribution >= 0.6 is 0 Å². The Hall–Kier alpha value is -1.34. The molecule has 7 nitrogen and oxygen atoms in total. The number of rotatable bonds is 8. The topological polar surface area (TPSA) is 88.1 Å². The molecule has 0 aromatic heterocycles. The van der Waals surface area contributed by atoms with Crippen LogP contribution in [0.4, 0.5) is 4.79 Å². The predicted octanol–water partition coefficient (Wildman–Crippen LogP) is 0.934. The maximum absolute atomic E-state index is 12.3. The van der Waals surface area contributed by atoms with E-state index in [1.165, 1.54) is 0 Å². The van der Waals surface area contributed by atoms with Crippen LogP contribution in [0.3, 0.4) is 0 Å². The highest BCUT2D eigenvalue weighted by atomic mass is 16.5. The number of carboxylic acid groups (broad SMARTS) is 1. The van der Waals surface area contributed by atoms with Crippen molar-refractivity contribution >= 4 is 12.0 Å². The van der Waals surface area contributed by atoms with Crippen LogP contribution in [0.15, 0.2) is 0 Å². The first-order valence-corrected chi connectivity index (χ1v) is 7.34. The highest BCUT2D eigenvalue weighted by molar-refractivity contribution is 5.75. The number of nitrogens with zero attached hydrogens (tertiary/aromatic N) is 1. The molecule has 0 aromatic carbocycles. The second-order valence-corrected chi connectivity index (χ2v) is 5.32. The molecule has 0 spiro atoms. The molecular weight excluding hydrogens is 276 g/mol. The second kappa shape index (κ2) is 9.57. The maximum Gasteiger partial charge on any atom is 0.317 e. The molecule has 2 atom stereocenters. The summed E-state index contributed by atoms with van der Waals surface area (Å²) in [5, 5.41) is 12.0. The molecule has 0 saturated heterocycles. The number of hydrogen-bond acceptors (Lipinski definition) is 4. The zero-order valence-electron chi connectivity index (χ0n) is 12.8.